The number of anilines is 1. The molecule has 0 saturated carbocycles. The number of nitrogens with one attached hydrogen (secondary N) is 1. The maximum absolute atomic E-state index is 12.3. The molecule has 0 aliphatic rings. The van der Waals surface area contributed by atoms with Gasteiger partial charge in [-0.25, -0.2) is 0 Å². The predicted molar refractivity (Wildman–Crippen MR) is 105 cm³/mol. The highest BCUT2D eigenvalue weighted by Crippen LogP contribution is 2.28. The molecule has 2 aromatic rings. The highest BCUT2D eigenvalue weighted by atomic mass is 16.5. The van der Waals surface area contributed by atoms with Crippen LogP contribution in [0, 0.1) is 0 Å². The zero-order chi connectivity index (χ0) is 19.3. The Balaban J connectivity index is 1.92. The summed E-state index contributed by atoms with van der Waals surface area (Å²) in [5.41, 5.74) is 3.39. The Bertz CT molecular complexity index is 733. The zero-order valence-electron chi connectivity index (χ0n) is 16.8. The maximum Gasteiger partial charge on any atom is 0.226 e. The largest absolute Gasteiger partial charge is 0.339 e. The number of aromatic nitrogens is 2. The molecule has 1 aromatic carbocycles. The summed E-state index contributed by atoms with van der Waals surface area (Å²) in [5.74, 6) is 2.42. The third kappa shape index (κ3) is 5.41. The van der Waals surface area contributed by atoms with Gasteiger partial charge in [0.05, 0.1) is 0 Å². The number of carbonyl (C=O) groups is 1. The first-order valence-electron chi connectivity index (χ1n) is 9.54. The quantitative estimate of drug-likeness (QED) is 0.686. The average molecular weight is 357 g/mol. The van der Waals surface area contributed by atoms with E-state index < -0.39 is 0 Å². The minimum Gasteiger partial charge on any atom is -0.339 e. The minimum atomic E-state index is 0.0211. The molecule has 1 amide bonds. The van der Waals surface area contributed by atoms with Gasteiger partial charge >= 0.3 is 0 Å². The topological polar surface area (TPSA) is 68.0 Å². The fourth-order valence-electron chi connectivity index (χ4n) is 2.75. The van der Waals surface area contributed by atoms with E-state index in [1.54, 1.807) is 0 Å². The first kappa shape index (κ1) is 20.1. The van der Waals surface area contributed by atoms with E-state index in [1.807, 2.05) is 19.9 Å². The smallest absolute Gasteiger partial charge is 0.226 e. The Morgan fingerprint density at radius 3 is 2.38 bits per heavy atom. The van der Waals surface area contributed by atoms with E-state index in [2.05, 4.69) is 55.3 Å². The second-order valence-corrected chi connectivity index (χ2v) is 7.76. The van der Waals surface area contributed by atoms with Crippen molar-refractivity contribution in [1.29, 1.82) is 0 Å². The number of amides is 1. The Morgan fingerprint density at radius 1 is 1.08 bits per heavy atom. The Kier molecular flexibility index (Phi) is 6.95. The van der Waals surface area contributed by atoms with Gasteiger partial charge in [-0.2, -0.15) is 4.98 Å². The molecule has 0 unspecified atom stereocenters. The summed E-state index contributed by atoms with van der Waals surface area (Å²) >= 11 is 0. The molecule has 0 aliphatic heterocycles. The van der Waals surface area contributed by atoms with Crippen LogP contribution >= 0.6 is 0 Å². The third-order valence-corrected chi connectivity index (χ3v) is 4.43. The summed E-state index contributed by atoms with van der Waals surface area (Å²) < 4.78 is 5.22. The molecule has 1 heterocycles. The molecule has 2 rings (SSSR count). The second kappa shape index (κ2) is 8.97. The van der Waals surface area contributed by atoms with Gasteiger partial charge in [0, 0.05) is 24.4 Å². The van der Waals surface area contributed by atoms with Gasteiger partial charge < -0.3 is 9.84 Å². The van der Waals surface area contributed by atoms with Crippen LogP contribution in [0.1, 0.15) is 95.0 Å². The minimum absolute atomic E-state index is 0.0211. The highest BCUT2D eigenvalue weighted by molar-refractivity contribution is 5.91. The SMILES string of the molecule is CC(C)c1ccc(NC(=O)CCCc2nc(C(C)C)no2)c(C(C)C)c1. The van der Waals surface area contributed by atoms with Gasteiger partial charge in [-0.15, -0.1) is 0 Å². The molecule has 0 saturated heterocycles. The number of carbonyl (C=O) groups excluding carboxylic acids is 1. The van der Waals surface area contributed by atoms with Crippen molar-refractivity contribution in [1.82, 2.24) is 10.1 Å². The summed E-state index contributed by atoms with van der Waals surface area (Å²) in [7, 11) is 0. The monoisotopic (exact) mass is 357 g/mol. The molecule has 0 radical (unpaired) electrons. The second-order valence-electron chi connectivity index (χ2n) is 7.76. The van der Waals surface area contributed by atoms with Crippen molar-refractivity contribution >= 4 is 11.6 Å². The Morgan fingerprint density at radius 2 is 1.81 bits per heavy atom. The molecule has 0 bridgehead atoms. The van der Waals surface area contributed by atoms with Crippen molar-refractivity contribution in [3.05, 3.63) is 41.0 Å². The van der Waals surface area contributed by atoms with Crippen LogP contribution in [-0.4, -0.2) is 16.0 Å². The first-order chi connectivity index (χ1) is 12.3. The van der Waals surface area contributed by atoms with Crippen LogP contribution in [0.2, 0.25) is 0 Å². The average Bonchev–Trinajstić information content (AvgIpc) is 3.04. The number of hydrogen-bond donors (Lipinski definition) is 1. The number of hydrogen-bond acceptors (Lipinski definition) is 4. The fourth-order valence-corrected chi connectivity index (χ4v) is 2.75. The molecule has 1 N–H and O–H groups in total. The summed E-state index contributed by atoms with van der Waals surface area (Å²) in [6.45, 7) is 12.7. The van der Waals surface area contributed by atoms with E-state index in [-0.39, 0.29) is 11.8 Å². The normalized spacial score (nSPS) is 11.6. The van der Waals surface area contributed by atoms with Crippen molar-refractivity contribution < 1.29 is 9.32 Å². The fraction of sp³-hybridized carbons (Fsp3) is 0.571. The molecular formula is C21H31N3O2. The van der Waals surface area contributed by atoms with Crippen LogP contribution in [0.4, 0.5) is 5.69 Å². The Hall–Kier alpha value is -2.17. The van der Waals surface area contributed by atoms with Gasteiger partial charge in [-0.05, 0) is 35.4 Å². The molecule has 1 aromatic heterocycles. The van der Waals surface area contributed by atoms with Crippen LogP contribution < -0.4 is 5.32 Å². The van der Waals surface area contributed by atoms with Crippen molar-refractivity contribution in [3.8, 4) is 0 Å². The van der Waals surface area contributed by atoms with E-state index in [0.717, 1.165) is 11.5 Å². The number of nitrogens with zero attached hydrogens (tertiary/aromatic N) is 2. The summed E-state index contributed by atoms with van der Waals surface area (Å²) in [4.78, 5) is 16.7. The van der Waals surface area contributed by atoms with Crippen LogP contribution in [0.15, 0.2) is 22.7 Å². The first-order valence-corrected chi connectivity index (χ1v) is 9.54. The molecule has 0 fully saturated rings. The highest BCUT2D eigenvalue weighted by Gasteiger charge is 2.13. The lowest BCUT2D eigenvalue weighted by atomic mass is 9.94. The van der Waals surface area contributed by atoms with Crippen molar-refractivity contribution in [2.24, 2.45) is 0 Å². The van der Waals surface area contributed by atoms with Crippen LogP contribution in [0.5, 0.6) is 0 Å². The summed E-state index contributed by atoms with van der Waals surface area (Å²) in [6.07, 6.45) is 1.74. The molecule has 26 heavy (non-hydrogen) atoms. The van der Waals surface area contributed by atoms with E-state index in [1.165, 1.54) is 11.1 Å². The van der Waals surface area contributed by atoms with E-state index in [9.17, 15) is 4.79 Å². The summed E-state index contributed by atoms with van der Waals surface area (Å²) in [6, 6.07) is 6.32. The Labute approximate surface area is 156 Å². The molecule has 5 nitrogen and oxygen atoms in total. The standard InChI is InChI=1S/C21H31N3O2/c1-13(2)16-10-11-18(17(12-16)14(3)4)22-19(25)8-7-9-20-23-21(15(5)6)24-26-20/h10-15H,7-9H2,1-6H3,(H,22,25). The van der Waals surface area contributed by atoms with Crippen LogP contribution in [-0.2, 0) is 11.2 Å². The number of aryl methyl sites for hydroxylation is 1. The zero-order valence-corrected chi connectivity index (χ0v) is 16.8. The van der Waals surface area contributed by atoms with Gasteiger partial charge in [0.2, 0.25) is 11.8 Å². The van der Waals surface area contributed by atoms with Gasteiger partial charge in [0.1, 0.15) is 0 Å². The molecule has 0 atom stereocenters. The molecule has 0 spiro atoms. The molecule has 142 valence electrons. The lowest BCUT2D eigenvalue weighted by Gasteiger charge is -2.17. The van der Waals surface area contributed by atoms with Crippen LogP contribution in [0.25, 0.3) is 0 Å². The predicted octanol–water partition coefficient (Wildman–Crippen LogP) is 5.40. The van der Waals surface area contributed by atoms with Gasteiger partial charge in [0.25, 0.3) is 0 Å². The maximum atomic E-state index is 12.3. The van der Waals surface area contributed by atoms with Crippen molar-refractivity contribution in [2.45, 2.75) is 78.6 Å². The van der Waals surface area contributed by atoms with Gasteiger partial charge in [-0.3, -0.25) is 4.79 Å². The molecular weight excluding hydrogens is 326 g/mol. The van der Waals surface area contributed by atoms with Crippen molar-refractivity contribution in [2.75, 3.05) is 5.32 Å². The van der Waals surface area contributed by atoms with Crippen molar-refractivity contribution in [3.63, 3.8) is 0 Å². The van der Waals surface area contributed by atoms with Crippen LogP contribution in [0.3, 0.4) is 0 Å². The number of benzene rings is 1. The van der Waals surface area contributed by atoms with E-state index >= 15 is 0 Å². The molecule has 5 heteroatoms. The lowest BCUT2D eigenvalue weighted by molar-refractivity contribution is -0.116. The van der Waals surface area contributed by atoms with Gasteiger partial charge in [0.15, 0.2) is 5.82 Å². The number of rotatable bonds is 8. The van der Waals surface area contributed by atoms with E-state index in [0.29, 0.717) is 37.0 Å². The molecule has 0 aliphatic carbocycles. The lowest BCUT2D eigenvalue weighted by Crippen LogP contribution is -2.14. The third-order valence-electron chi connectivity index (χ3n) is 4.43. The van der Waals surface area contributed by atoms with E-state index in [4.69, 9.17) is 4.52 Å². The summed E-state index contributed by atoms with van der Waals surface area (Å²) in [5, 5.41) is 7.01. The van der Waals surface area contributed by atoms with Gasteiger partial charge in [-0.1, -0.05) is 58.8 Å².